The summed E-state index contributed by atoms with van der Waals surface area (Å²) in [7, 11) is 0. The molecule has 2 aromatic carbocycles. The van der Waals surface area contributed by atoms with Crippen LogP contribution in [0.3, 0.4) is 0 Å². The molecule has 5 rings (SSSR count). The lowest BCUT2D eigenvalue weighted by atomic mass is 9.83. The third kappa shape index (κ3) is 4.31. The molecule has 0 aliphatic carbocycles. The molecule has 35 heavy (non-hydrogen) atoms. The highest BCUT2D eigenvalue weighted by Gasteiger charge is 2.44. The molecule has 2 aromatic rings. The summed E-state index contributed by atoms with van der Waals surface area (Å²) in [6.07, 6.45) is 7.43. The minimum absolute atomic E-state index is 0.140. The fraction of sp³-hybridized carbons (Fsp3) is 0.516. The Hall–Kier alpha value is -2.59. The highest BCUT2D eigenvalue weighted by Crippen LogP contribution is 2.49. The van der Waals surface area contributed by atoms with E-state index in [0.717, 1.165) is 25.2 Å². The Balaban J connectivity index is 1.51. The monoisotopic (exact) mass is 471 g/mol. The molecule has 2 saturated heterocycles. The topological polar surface area (TPSA) is 26.8 Å². The van der Waals surface area contributed by atoms with Crippen molar-refractivity contribution in [1.82, 2.24) is 9.80 Å². The van der Waals surface area contributed by atoms with Crippen LogP contribution in [0.4, 0.5) is 11.4 Å². The zero-order valence-corrected chi connectivity index (χ0v) is 22.1. The molecule has 0 aromatic heterocycles. The molecule has 3 heterocycles. The van der Waals surface area contributed by atoms with Gasteiger partial charge in [-0.25, -0.2) is 0 Å². The van der Waals surface area contributed by atoms with Gasteiger partial charge in [-0.15, -0.1) is 0 Å². The summed E-state index contributed by atoms with van der Waals surface area (Å²) in [4.78, 5) is 20.5. The number of para-hydroxylation sites is 1. The number of carbonyl (C=O) groups excluding carboxylic acids is 1. The first-order valence-corrected chi connectivity index (χ1v) is 13.6. The molecular weight excluding hydrogens is 430 g/mol. The number of nitrogens with zero attached hydrogens (tertiary/aromatic N) is 3. The summed E-state index contributed by atoms with van der Waals surface area (Å²) < 4.78 is 0. The van der Waals surface area contributed by atoms with Crippen LogP contribution in [0.5, 0.6) is 0 Å². The van der Waals surface area contributed by atoms with Gasteiger partial charge in [0.25, 0.3) is 5.91 Å². The molecule has 2 unspecified atom stereocenters. The molecule has 1 amide bonds. The molecule has 0 radical (unpaired) electrons. The lowest BCUT2D eigenvalue weighted by Crippen LogP contribution is -2.50. The summed E-state index contributed by atoms with van der Waals surface area (Å²) in [5, 5.41) is 0. The Labute approximate surface area is 211 Å². The van der Waals surface area contributed by atoms with E-state index >= 15 is 0 Å². The second-order valence-electron chi connectivity index (χ2n) is 10.9. The lowest BCUT2D eigenvalue weighted by molar-refractivity contribution is 0.0773. The number of fused-ring (bicyclic) bond motifs is 4. The largest absolute Gasteiger partial charge is 0.339 e. The Bertz CT molecular complexity index is 1100. The third-order valence-electron chi connectivity index (χ3n) is 8.65. The van der Waals surface area contributed by atoms with Crippen LogP contribution in [0.15, 0.2) is 54.1 Å². The van der Waals surface area contributed by atoms with Gasteiger partial charge in [0, 0.05) is 60.6 Å². The van der Waals surface area contributed by atoms with Crippen LogP contribution < -0.4 is 4.90 Å². The van der Waals surface area contributed by atoms with Gasteiger partial charge >= 0.3 is 0 Å². The Morgan fingerprint density at radius 3 is 2.26 bits per heavy atom. The van der Waals surface area contributed by atoms with Gasteiger partial charge in [0.1, 0.15) is 0 Å². The minimum Gasteiger partial charge on any atom is -0.339 e. The number of piperidine rings is 1. The van der Waals surface area contributed by atoms with Crippen molar-refractivity contribution in [1.29, 1.82) is 0 Å². The van der Waals surface area contributed by atoms with E-state index in [1.165, 1.54) is 53.8 Å². The molecule has 4 heteroatoms. The zero-order valence-electron chi connectivity index (χ0n) is 22.1. The standard InChI is InChI=1S/C31H41N3O/c1-6-32(7-2)31(35)23-12-15-30-28(18-23)22(5)27-10-8-9-11-29(27)34(30)26-19-24-13-14-25(20-26)33(24)17-16-21(3)4/h8-12,15-16,18,22,24-26H,6-7,13-14,17,19-20H2,1-5H3/t22?,24-,25+,26?. The van der Waals surface area contributed by atoms with Gasteiger partial charge in [0.2, 0.25) is 0 Å². The number of hydrogen-bond acceptors (Lipinski definition) is 3. The first kappa shape index (κ1) is 24.1. The van der Waals surface area contributed by atoms with E-state index in [2.05, 4.69) is 93.0 Å². The third-order valence-corrected chi connectivity index (χ3v) is 8.65. The number of amides is 1. The van der Waals surface area contributed by atoms with Crippen LogP contribution in [0.25, 0.3) is 0 Å². The summed E-state index contributed by atoms with van der Waals surface area (Å²) in [5.74, 6) is 0.414. The van der Waals surface area contributed by atoms with Crippen LogP contribution in [0.1, 0.15) is 87.7 Å². The van der Waals surface area contributed by atoms with Crippen LogP contribution in [0, 0.1) is 0 Å². The SMILES string of the molecule is CCN(CC)C(=O)c1ccc2c(c1)C(C)c1ccccc1N2C1C[C@H]2CC[C@@H](C1)N2CC=C(C)C. The molecule has 4 atom stereocenters. The maximum absolute atomic E-state index is 13.2. The Morgan fingerprint density at radius 1 is 0.943 bits per heavy atom. The van der Waals surface area contributed by atoms with Crippen molar-refractivity contribution in [3.63, 3.8) is 0 Å². The van der Waals surface area contributed by atoms with E-state index in [1.807, 2.05) is 4.90 Å². The second kappa shape index (κ2) is 9.81. The van der Waals surface area contributed by atoms with Gasteiger partial charge in [0.15, 0.2) is 0 Å². The van der Waals surface area contributed by atoms with Crippen molar-refractivity contribution in [2.75, 3.05) is 24.5 Å². The van der Waals surface area contributed by atoms with E-state index in [-0.39, 0.29) is 11.8 Å². The smallest absolute Gasteiger partial charge is 0.253 e. The summed E-state index contributed by atoms with van der Waals surface area (Å²) in [6, 6.07) is 17.2. The molecule has 0 spiro atoms. The van der Waals surface area contributed by atoms with Crippen LogP contribution in [0.2, 0.25) is 0 Å². The lowest BCUT2D eigenvalue weighted by Gasteiger charge is -2.47. The summed E-state index contributed by atoms with van der Waals surface area (Å²) in [5.41, 5.74) is 7.56. The van der Waals surface area contributed by atoms with Crippen molar-refractivity contribution in [3.8, 4) is 0 Å². The van der Waals surface area contributed by atoms with Gasteiger partial charge < -0.3 is 9.80 Å². The number of carbonyl (C=O) groups is 1. The number of hydrogen-bond donors (Lipinski definition) is 0. The van der Waals surface area contributed by atoms with Gasteiger partial charge in [-0.1, -0.05) is 36.8 Å². The van der Waals surface area contributed by atoms with Crippen molar-refractivity contribution in [2.24, 2.45) is 0 Å². The van der Waals surface area contributed by atoms with Crippen molar-refractivity contribution >= 4 is 17.3 Å². The molecule has 3 aliphatic rings. The Kier molecular flexibility index (Phi) is 6.76. The van der Waals surface area contributed by atoms with Crippen LogP contribution in [-0.4, -0.2) is 53.5 Å². The summed E-state index contributed by atoms with van der Waals surface area (Å²) in [6.45, 7) is 13.4. The van der Waals surface area contributed by atoms with Gasteiger partial charge in [-0.3, -0.25) is 9.69 Å². The molecule has 4 nitrogen and oxygen atoms in total. The molecular formula is C31H41N3O. The molecule has 186 valence electrons. The number of rotatable bonds is 6. The van der Waals surface area contributed by atoms with Crippen molar-refractivity contribution < 1.29 is 4.79 Å². The maximum Gasteiger partial charge on any atom is 0.253 e. The molecule has 2 bridgehead atoms. The van der Waals surface area contributed by atoms with E-state index in [4.69, 9.17) is 0 Å². The predicted molar refractivity (Wildman–Crippen MR) is 146 cm³/mol. The fourth-order valence-electron chi connectivity index (χ4n) is 6.75. The highest BCUT2D eigenvalue weighted by atomic mass is 16.2. The first-order valence-electron chi connectivity index (χ1n) is 13.6. The van der Waals surface area contributed by atoms with Gasteiger partial charge in [0.05, 0.1) is 0 Å². The van der Waals surface area contributed by atoms with E-state index in [0.29, 0.717) is 18.1 Å². The van der Waals surface area contributed by atoms with Gasteiger partial charge in [-0.05, 0) is 88.8 Å². The fourth-order valence-corrected chi connectivity index (χ4v) is 6.75. The number of allylic oxidation sites excluding steroid dienone is 1. The van der Waals surface area contributed by atoms with Gasteiger partial charge in [-0.2, -0.15) is 0 Å². The van der Waals surface area contributed by atoms with Crippen molar-refractivity contribution in [3.05, 3.63) is 70.8 Å². The van der Waals surface area contributed by atoms with E-state index < -0.39 is 0 Å². The molecule has 2 fully saturated rings. The predicted octanol–water partition coefficient (Wildman–Crippen LogP) is 6.73. The molecule has 3 aliphatic heterocycles. The quantitative estimate of drug-likeness (QED) is 0.437. The maximum atomic E-state index is 13.2. The van der Waals surface area contributed by atoms with E-state index in [9.17, 15) is 4.79 Å². The van der Waals surface area contributed by atoms with Crippen LogP contribution >= 0.6 is 0 Å². The number of anilines is 2. The molecule has 0 N–H and O–H groups in total. The first-order chi connectivity index (χ1) is 16.9. The Morgan fingerprint density at radius 2 is 1.60 bits per heavy atom. The minimum atomic E-state index is 0.140. The van der Waals surface area contributed by atoms with E-state index in [1.54, 1.807) is 0 Å². The number of benzene rings is 2. The second-order valence-corrected chi connectivity index (χ2v) is 10.9. The normalized spacial score (nSPS) is 25.1. The highest BCUT2D eigenvalue weighted by molar-refractivity contribution is 5.95. The van der Waals surface area contributed by atoms with Crippen LogP contribution in [-0.2, 0) is 0 Å². The average Bonchev–Trinajstić information content (AvgIpc) is 3.10. The van der Waals surface area contributed by atoms with Crippen molar-refractivity contribution in [2.45, 2.75) is 84.3 Å². The summed E-state index contributed by atoms with van der Waals surface area (Å²) >= 11 is 0. The molecule has 0 saturated carbocycles. The average molecular weight is 472 g/mol. The zero-order chi connectivity index (χ0) is 24.7.